The van der Waals surface area contributed by atoms with Crippen molar-refractivity contribution in [2.45, 2.75) is 140 Å². The Bertz CT molecular complexity index is 3070. The molecule has 12 rings (SSSR count). The number of rotatable bonds is 16. The standard InChI is InChI=1S/C66H90ClN13O6/c1-65(2,3)86-64(85)80-63(66(80)24-31-77(32-25-66)59-54-20-26-68-58(54)69-45-70-59)71-55(47-16-18-53(67)19-17-47)23-30-73-33-37-76(38-34-73)56(81)44-74-28-21-46(22-29-74)42-75-35-39-78(40-36-75)62(84)57(48-9-5-4-6-10-48)72-60(82)51-12-7-11-50(41-51)52-13-8-27-79(43-52)61(83)49-14-15-49/h7,11-12,16-20,26,41,45-46,48-49,52,55,57H,4-6,8-10,13-15,21-25,27-40,42-44H2,1-3H3,(H,72,82)(H,68,69,70)/t52?,55-,57+,80?/m0/s1. The van der Waals surface area contributed by atoms with E-state index < -0.39 is 17.2 Å². The van der Waals surface area contributed by atoms with Crippen LogP contribution in [0, 0.1) is 17.8 Å². The topological polar surface area (TPSA) is 186 Å². The molecule has 86 heavy (non-hydrogen) atoms. The number of benzene rings is 2. The first-order valence-electron chi connectivity index (χ1n) is 32.5. The Morgan fingerprint density at radius 3 is 2.20 bits per heavy atom. The van der Waals surface area contributed by atoms with Crippen LogP contribution < -0.4 is 10.2 Å². The Balaban J connectivity index is 0.591. The summed E-state index contributed by atoms with van der Waals surface area (Å²) in [6.45, 7) is 18.5. The number of hydrogen-bond acceptors (Lipinski definition) is 13. The summed E-state index contributed by atoms with van der Waals surface area (Å²) in [4.78, 5) is 104. The molecule has 8 aliphatic rings. The number of fused-ring (bicyclic) bond motifs is 1. The maximum Gasteiger partial charge on any atom is 0.416 e. The second-order valence-corrected chi connectivity index (χ2v) is 27.5. The molecule has 2 N–H and O–H groups in total. The molecule has 19 nitrogen and oxygen atoms in total. The normalized spacial score (nSPS) is 23.4. The minimum absolute atomic E-state index is 0.0542. The minimum Gasteiger partial charge on any atom is -0.443 e. The number of carbonyl (C=O) groups excluding carboxylic acids is 5. The fourth-order valence-corrected chi connectivity index (χ4v) is 14.9. The van der Waals surface area contributed by atoms with Crippen LogP contribution in [0.3, 0.4) is 0 Å². The van der Waals surface area contributed by atoms with Crippen LogP contribution in [0.4, 0.5) is 10.6 Å². The van der Waals surface area contributed by atoms with E-state index in [4.69, 9.17) is 21.3 Å². The molecule has 2 saturated carbocycles. The number of anilines is 1. The zero-order chi connectivity index (χ0) is 59.5. The van der Waals surface area contributed by atoms with Crippen LogP contribution in [0.5, 0.6) is 0 Å². The molecule has 3 atom stereocenters. The summed E-state index contributed by atoms with van der Waals surface area (Å²) >= 11 is 6.41. The van der Waals surface area contributed by atoms with Crippen molar-refractivity contribution in [2.75, 3.05) is 116 Å². The van der Waals surface area contributed by atoms with Gasteiger partial charge in [0.05, 0.1) is 18.0 Å². The van der Waals surface area contributed by atoms with Gasteiger partial charge in [-0.25, -0.2) is 19.7 Å². The van der Waals surface area contributed by atoms with Gasteiger partial charge in [0.1, 0.15) is 40.8 Å². The number of aromatic nitrogens is 3. The SMILES string of the molecule is CC(C)(C)OC(=O)N1C(=N[C@@H](CCN2CCN(C(=O)CN3CCC(CN4CCN(C(=O)[C@H](NC(=O)c5cccc(C6CCCN(C(=O)C7CC7)C6)c5)C5CCCCC5)CC4)CC3)CC2)c2ccc(Cl)cc2)C12CCN(c1ncnc3[nH]ccc13)CC2. The van der Waals surface area contributed by atoms with Crippen molar-refractivity contribution in [2.24, 2.45) is 22.7 Å². The summed E-state index contributed by atoms with van der Waals surface area (Å²) in [5.41, 5.74) is 2.33. The molecule has 0 radical (unpaired) electrons. The smallest absolute Gasteiger partial charge is 0.416 e. The maximum absolute atomic E-state index is 14.5. The summed E-state index contributed by atoms with van der Waals surface area (Å²) < 4.78 is 5.99. The molecule has 4 aromatic rings. The largest absolute Gasteiger partial charge is 0.443 e. The third-order valence-electron chi connectivity index (χ3n) is 20.0. The molecule has 6 aliphatic heterocycles. The quantitative estimate of drug-likeness (QED) is 0.103. The Morgan fingerprint density at radius 2 is 1.48 bits per heavy atom. The fraction of sp³-hybridized carbons (Fsp3) is 0.636. The molecular weight excluding hydrogens is 1110 g/mol. The number of ether oxygens (including phenoxy) is 1. The van der Waals surface area contributed by atoms with Gasteiger partial charge in [-0.15, -0.1) is 0 Å². The van der Waals surface area contributed by atoms with E-state index in [1.807, 2.05) is 90.2 Å². The highest BCUT2D eigenvalue weighted by atomic mass is 35.5. The molecule has 8 heterocycles. The predicted molar refractivity (Wildman–Crippen MR) is 333 cm³/mol. The van der Waals surface area contributed by atoms with Gasteiger partial charge in [0.25, 0.3) is 5.91 Å². The molecule has 1 spiro atoms. The number of amides is 5. The number of hydrogen-bond donors (Lipinski definition) is 2. The molecule has 5 amide bonds. The Morgan fingerprint density at radius 1 is 0.756 bits per heavy atom. The van der Waals surface area contributed by atoms with Gasteiger partial charge in [0, 0.05) is 120 Å². The van der Waals surface area contributed by atoms with Crippen molar-refractivity contribution in [1.82, 2.24) is 54.6 Å². The summed E-state index contributed by atoms with van der Waals surface area (Å²) in [6.07, 6.45) is 16.5. The number of piperazine rings is 2. The Hall–Kier alpha value is -6.15. The van der Waals surface area contributed by atoms with Crippen LogP contribution in [-0.2, 0) is 19.1 Å². The zero-order valence-electron chi connectivity index (χ0n) is 51.0. The van der Waals surface area contributed by atoms with Crippen LogP contribution in [0.25, 0.3) is 11.0 Å². The highest BCUT2D eigenvalue weighted by molar-refractivity contribution is 6.30. The molecule has 20 heteroatoms. The third-order valence-corrected chi connectivity index (χ3v) is 20.3. The van der Waals surface area contributed by atoms with Crippen molar-refractivity contribution in [3.8, 4) is 0 Å². The van der Waals surface area contributed by atoms with E-state index in [1.54, 1.807) is 11.2 Å². The van der Waals surface area contributed by atoms with Crippen molar-refractivity contribution in [3.63, 3.8) is 0 Å². The van der Waals surface area contributed by atoms with Gasteiger partial charge in [-0.1, -0.05) is 55.1 Å². The van der Waals surface area contributed by atoms with Gasteiger partial charge in [-0.3, -0.25) is 38.9 Å². The first kappa shape index (κ1) is 60.1. The molecule has 6 saturated heterocycles. The van der Waals surface area contributed by atoms with Gasteiger partial charge >= 0.3 is 6.09 Å². The predicted octanol–water partition coefficient (Wildman–Crippen LogP) is 8.23. The number of nitrogens with one attached hydrogen (secondary N) is 2. The van der Waals surface area contributed by atoms with Gasteiger partial charge in [0.2, 0.25) is 17.7 Å². The van der Waals surface area contributed by atoms with Crippen molar-refractivity contribution >= 4 is 64.0 Å². The molecule has 0 bridgehead atoms. The second kappa shape index (κ2) is 26.3. The lowest BCUT2D eigenvalue weighted by Crippen LogP contribution is -2.57. The summed E-state index contributed by atoms with van der Waals surface area (Å²) in [5, 5.41) is 4.91. The number of carbonyl (C=O) groups is 5. The Labute approximate surface area is 512 Å². The van der Waals surface area contributed by atoms with E-state index in [0.29, 0.717) is 87.6 Å². The lowest BCUT2D eigenvalue weighted by Gasteiger charge is -2.41. The molecule has 2 aromatic carbocycles. The summed E-state index contributed by atoms with van der Waals surface area (Å²) in [7, 11) is 0. The number of piperidine rings is 3. The van der Waals surface area contributed by atoms with Crippen LogP contribution >= 0.6 is 11.6 Å². The lowest BCUT2D eigenvalue weighted by atomic mass is 9.83. The van der Waals surface area contributed by atoms with Crippen molar-refractivity contribution in [3.05, 3.63) is 88.8 Å². The van der Waals surface area contributed by atoms with Gasteiger partial charge in [-0.2, -0.15) is 0 Å². The van der Waals surface area contributed by atoms with E-state index in [2.05, 4.69) is 45.9 Å². The van der Waals surface area contributed by atoms with Crippen LogP contribution in [0.2, 0.25) is 5.02 Å². The van der Waals surface area contributed by atoms with E-state index >= 15 is 0 Å². The number of aliphatic imine (C=N–C) groups is 1. The first-order chi connectivity index (χ1) is 41.6. The van der Waals surface area contributed by atoms with E-state index in [0.717, 1.165) is 163 Å². The zero-order valence-corrected chi connectivity index (χ0v) is 51.7. The van der Waals surface area contributed by atoms with Gasteiger partial charge < -0.3 is 34.6 Å². The molecule has 462 valence electrons. The summed E-state index contributed by atoms with van der Waals surface area (Å²) in [5.74, 6) is 3.11. The highest BCUT2D eigenvalue weighted by Gasteiger charge is 2.65. The van der Waals surface area contributed by atoms with Crippen molar-refractivity contribution < 1.29 is 28.7 Å². The van der Waals surface area contributed by atoms with Crippen LogP contribution in [0.1, 0.15) is 144 Å². The average molecular weight is 1200 g/mol. The number of amidine groups is 1. The van der Waals surface area contributed by atoms with Gasteiger partial charge in [-0.05, 0) is 158 Å². The number of nitrogens with zero attached hydrogens (tertiary/aromatic N) is 11. The molecule has 8 fully saturated rings. The number of H-pyrrole nitrogens is 1. The van der Waals surface area contributed by atoms with E-state index in [-0.39, 0.29) is 47.6 Å². The van der Waals surface area contributed by atoms with Gasteiger partial charge in [0.15, 0.2) is 0 Å². The number of aromatic amines is 1. The van der Waals surface area contributed by atoms with Crippen molar-refractivity contribution in [1.29, 1.82) is 0 Å². The maximum atomic E-state index is 14.5. The summed E-state index contributed by atoms with van der Waals surface area (Å²) in [6, 6.07) is 17.1. The average Bonchev–Trinajstić information content (AvgIpc) is 2.12. The molecule has 1 unspecified atom stereocenters. The number of likely N-dealkylation sites (tertiary alicyclic amines) is 2. The second-order valence-electron chi connectivity index (χ2n) is 27.0. The van der Waals surface area contributed by atoms with Crippen LogP contribution in [-0.4, -0.2) is 213 Å². The van der Waals surface area contributed by atoms with E-state index in [9.17, 15) is 24.0 Å². The number of halogens is 1. The minimum atomic E-state index is -0.661. The van der Waals surface area contributed by atoms with Crippen LogP contribution in [0.15, 0.2) is 72.1 Å². The fourth-order valence-electron chi connectivity index (χ4n) is 14.7. The monoisotopic (exact) mass is 1200 g/mol. The Kier molecular flexibility index (Phi) is 18.4. The lowest BCUT2D eigenvalue weighted by molar-refractivity contribution is -0.137. The van der Waals surface area contributed by atoms with E-state index in [1.165, 1.54) is 6.42 Å². The molecular formula is C66H90ClN13O6. The first-order valence-corrected chi connectivity index (χ1v) is 32.9. The molecule has 2 aromatic heterocycles. The third kappa shape index (κ3) is 14.1. The highest BCUT2D eigenvalue weighted by Crippen LogP contribution is 2.48. The molecule has 2 aliphatic carbocycles.